The van der Waals surface area contributed by atoms with E-state index in [4.69, 9.17) is 20.6 Å². The van der Waals surface area contributed by atoms with Crippen LogP contribution < -0.4 is 20.9 Å². The molecule has 13 heteroatoms. The van der Waals surface area contributed by atoms with Crippen molar-refractivity contribution in [2.45, 2.75) is 18.5 Å². The van der Waals surface area contributed by atoms with Gasteiger partial charge in [-0.15, -0.1) is 5.10 Å². The van der Waals surface area contributed by atoms with Gasteiger partial charge in [0, 0.05) is 23.4 Å². The molecule has 0 aliphatic carbocycles. The standard InChI is InChI=1S/C25H22F4N6O3/c1-37-19-11-15(18(26)12-20(19)38-2)16(10-13-5-7-14(8-6-13)21(30)31)22-33-24(36)35(34-22)23-17(25(27,28)29)4-3-9-32-23/h3-9,11-12,16H,10H2,1-2H3,(H3,30,31)(H,33,34,36). The Morgan fingerprint density at radius 3 is 2.39 bits per heavy atom. The number of nitrogens with one attached hydrogen (secondary N) is 2. The fraction of sp³-hybridized carbons (Fsp3) is 0.200. The molecule has 2 aromatic heterocycles. The van der Waals surface area contributed by atoms with Crippen LogP contribution in [0.4, 0.5) is 17.6 Å². The number of methoxy groups -OCH3 is 2. The van der Waals surface area contributed by atoms with E-state index in [0.29, 0.717) is 15.8 Å². The molecule has 4 aromatic rings. The molecule has 0 fully saturated rings. The van der Waals surface area contributed by atoms with Crippen molar-refractivity contribution >= 4 is 5.84 Å². The smallest absolute Gasteiger partial charge is 0.420 e. The van der Waals surface area contributed by atoms with Crippen LogP contribution in [0.15, 0.2) is 59.5 Å². The molecule has 0 bridgehead atoms. The summed E-state index contributed by atoms with van der Waals surface area (Å²) in [6.07, 6.45) is -3.62. The predicted octanol–water partition coefficient (Wildman–Crippen LogP) is 3.79. The summed E-state index contributed by atoms with van der Waals surface area (Å²) in [7, 11) is 2.71. The maximum atomic E-state index is 15.3. The Morgan fingerprint density at radius 1 is 1.13 bits per heavy atom. The third kappa shape index (κ3) is 5.21. The first-order valence-corrected chi connectivity index (χ1v) is 11.1. The molecule has 9 nitrogen and oxygen atoms in total. The third-order valence-electron chi connectivity index (χ3n) is 5.84. The highest BCUT2D eigenvalue weighted by Crippen LogP contribution is 2.37. The zero-order valence-electron chi connectivity index (χ0n) is 20.1. The van der Waals surface area contributed by atoms with E-state index in [9.17, 15) is 18.0 Å². The van der Waals surface area contributed by atoms with Gasteiger partial charge in [0.2, 0.25) is 0 Å². The van der Waals surface area contributed by atoms with E-state index in [1.165, 1.54) is 20.3 Å². The van der Waals surface area contributed by atoms with Gasteiger partial charge in [-0.1, -0.05) is 24.3 Å². The van der Waals surface area contributed by atoms with Gasteiger partial charge in [0.15, 0.2) is 17.3 Å². The van der Waals surface area contributed by atoms with Crippen LogP contribution in [0.5, 0.6) is 11.5 Å². The largest absolute Gasteiger partial charge is 0.493 e. The highest BCUT2D eigenvalue weighted by molar-refractivity contribution is 5.94. The zero-order valence-corrected chi connectivity index (χ0v) is 20.1. The first kappa shape index (κ1) is 26.4. The molecule has 2 aromatic carbocycles. The van der Waals surface area contributed by atoms with E-state index < -0.39 is 35.0 Å². The minimum Gasteiger partial charge on any atom is -0.493 e. The van der Waals surface area contributed by atoms with Crippen LogP contribution in [0.3, 0.4) is 0 Å². The summed E-state index contributed by atoms with van der Waals surface area (Å²) in [5.74, 6) is -2.31. The second-order valence-corrected chi connectivity index (χ2v) is 8.20. The van der Waals surface area contributed by atoms with Crippen LogP contribution in [-0.2, 0) is 12.6 Å². The van der Waals surface area contributed by atoms with Gasteiger partial charge in [-0.2, -0.15) is 17.9 Å². The van der Waals surface area contributed by atoms with Gasteiger partial charge in [0.25, 0.3) is 0 Å². The van der Waals surface area contributed by atoms with E-state index in [1.54, 1.807) is 24.3 Å². The molecule has 0 saturated carbocycles. The van der Waals surface area contributed by atoms with Gasteiger partial charge in [0.05, 0.1) is 20.1 Å². The fourth-order valence-electron chi connectivity index (χ4n) is 3.97. The number of hydrogen-bond acceptors (Lipinski definition) is 6. The van der Waals surface area contributed by atoms with Gasteiger partial charge in [-0.05, 0) is 30.2 Å². The Balaban J connectivity index is 1.87. The molecule has 1 unspecified atom stereocenters. The number of alkyl halides is 3. The summed E-state index contributed by atoms with van der Waals surface area (Å²) in [6.45, 7) is 0. The summed E-state index contributed by atoms with van der Waals surface area (Å²) < 4.78 is 67.1. The minimum absolute atomic E-state index is 0.0521. The topological polar surface area (TPSA) is 132 Å². The highest BCUT2D eigenvalue weighted by Gasteiger charge is 2.36. The predicted molar refractivity (Wildman–Crippen MR) is 129 cm³/mol. The van der Waals surface area contributed by atoms with E-state index in [0.717, 1.165) is 24.4 Å². The Hall–Kier alpha value is -4.68. The molecular weight excluding hydrogens is 508 g/mol. The first-order valence-electron chi connectivity index (χ1n) is 11.1. The van der Waals surface area contributed by atoms with Crippen molar-refractivity contribution in [3.63, 3.8) is 0 Å². The Labute approximate surface area is 213 Å². The average Bonchev–Trinajstić information content (AvgIpc) is 3.28. The molecule has 0 amide bonds. The van der Waals surface area contributed by atoms with Crippen molar-refractivity contribution in [1.82, 2.24) is 19.7 Å². The van der Waals surface area contributed by atoms with Crippen molar-refractivity contribution in [1.29, 1.82) is 5.41 Å². The number of halogens is 4. The number of benzene rings is 2. The van der Waals surface area contributed by atoms with Crippen LogP contribution in [0.25, 0.3) is 5.82 Å². The lowest BCUT2D eigenvalue weighted by molar-refractivity contribution is -0.137. The van der Waals surface area contributed by atoms with Gasteiger partial charge in [-0.25, -0.2) is 14.2 Å². The first-order chi connectivity index (χ1) is 18.0. The van der Waals surface area contributed by atoms with Gasteiger partial charge in [-0.3, -0.25) is 10.4 Å². The second kappa shape index (κ2) is 10.4. The van der Waals surface area contributed by atoms with Gasteiger partial charge < -0.3 is 15.2 Å². The Kier molecular flexibility index (Phi) is 7.19. The molecule has 4 rings (SSSR count). The molecule has 198 valence electrons. The quantitative estimate of drug-likeness (QED) is 0.180. The number of ether oxygens (including phenoxy) is 2. The zero-order chi connectivity index (χ0) is 27.6. The second-order valence-electron chi connectivity index (χ2n) is 8.20. The van der Waals surface area contributed by atoms with Crippen molar-refractivity contribution in [3.05, 3.63) is 99.1 Å². The van der Waals surface area contributed by atoms with Crippen molar-refractivity contribution < 1.29 is 27.0 Å². The van der Waals surface area contributed by atoms with Crippen LogP contribution in [0.2, 0.25) is 0 Å². The Morgan fingerprint density at radius 2 is 1.79 bits per heavy atom. The molecule has 4 N–H and O–H groups in total. The number of aromatic amines is 1. The van der Waals surface area contributed by atoms with Crippen LogP contribution >= 0.6 is 0 Å². The van der Waals surface area contributed by atoms with Crippen LogP contribution in [0, 0.1) is 11.2 Å². The molecule has 0 saturated heterocycles. The van der Waals surface area contributed by atoms with Gasteiger partial charge >= 0.3 is 11.9 Å². The lowest BCUT2D eigenvalue weighted by atomic mass is 9.90. The number of nitrogens with zero attached hydrogens (tertiary/aromatic N) is 3. The summed E-state index contributed by atoms with van der Waals surface area (Å²) in [4.78, 5) is 19.0. The summed E-state index contributed by atoms with van der Waals surface area (Å²) >= 11 is 0. The lowest BCUT2D eigenvalue weighted by Gasteiger charge is -2.18. The summed E-state index contributed by atoms with van der Waals surface area (Å²) in [5.41, 5.74) is 4.54. The molecule has 1 atom stereocenters. The van der Waals surface area contributed by atoms with E-state index >= 15 is 4.39 Å². The van der Waals surface area contributed by atoms with Crippen molar-refractivity contribution in [3.8, 4) is 17.3 Å². The van der Waals surface area contributed by atoms with Gasteiger partial charge in [0.1, 0.15) is 23.0 Å². The maximum Gasteiger partial charge on any atom is 0.420 e. The number of nitrogen functional groups attached to an aromatic ring is 1. The highest BCUT2D eigenvalue weighted by atomic mass is 19.4. The summed E-state index contributed by atoms with van der Waals surface area (Å²) in [5, 5.41) is 11.7. The normalized spacial score (nSPS) is 12.3. The van der Waals surface area contributed by atoms with E-state index in [1.807, 2.05) is 0 Å². The van der Waals surface area contributed by atoms with E-state index in [-0.39, 0.29) is 35.1 Å². The Bertz CT molecular complexity index is 1530. The number of nitrogens with two attached hydrogens (primary N) is 1. The van der Waals surface area contributed by atoms with Crippen LogP contribution in [-0.4, -0.2) is 39.8 Å². The fourth-order valence-corrected chi connectivity index (χ4v) is 3.97. The number of hydrogen-bond donors (Lipinski definition) is 3. The summed E-state index contributed by atoms with van der Waals surface area (Å²) in [6, 6.07) is 10.9. The number of rotatable bonds is 8. The number of amidine groups is 1. The SMILES string of the molecule is COc1cc(F)c(C(Cc2ccc(C(=N)N)cc2)c2nn(-c3ncccc3C(F)(F)F)c(=O)[nH]2)cc1OC. The van der Waals surface area contributed by atoms with Crippen LogP contribution in [0.1, 0.15) is 34.0 Å². The minimum atomic E-state index is -4.80. The maximum absolute atomic E-state index is 15.3. The monoisotopic (exact) mass is 530 g/mol. The van der Waals surface area contributed by atoms with E-state index in [2.05, 4.69) is 15.1 Å². The molecule has 0 spiro atoms. The molecule has 0 aliphatic heterocycles. The third-order valence-corrected chi connectivity index (χ3v) is 5.84. The number of pyridine rings is 1. The molecule has 0 aliphatic rings. The average molecular weight is 530 g/mol. The number of aromatic nitrogens is 4. The molecule has 38 heavy (non-hydrogen) atoms. The van der Waals surface area contributed by atoms with Crippen molar-refractivity contribution in [2.75, 3.05) is 14.2 Å². The number of H-pyrrole nitrogens is 1. The lowest BCUT2D eigenvalue weighted by Crippen LogP contribution is -2.21. The molecular formula is C25H22F4N6O3. The van der Waals surface area contributed by atoms with Crippen molar-refractivity contribution in [2.24, 2.45) is 5.73 Å². The molecule has 0 radical (unpaired) electrons. The molecule has 2 heterocycles.